The zero-order chi connectivity index (χ0) is 12.1. The van der Waals surface area contributed by atoms with Gasteiger partial charge in [-0.25, -0.2) is 0 Å². The summed E-state index contributed by atoms with van der Waals surface area (Å²) in [5.41, 5.74) is 0.644. The van der Waals surface area contributed by atoms with Crippen molar-refractivity contribution in [2.75, 3.05) is 6.54 Å². The molecule has 2 N–H and O–H groups in total. The molecule has 0 aliphatic rings. The summed E-state index contributed by atoms with van der Waals surface area (Å²) in [6.45, 7) is 3.96. The lowest BCUT2D eigenvalue weighted by Gasteiger charge is -2.14. The molecule has 0 aromatic heterocycles. The molecule has 1 unspecified atom stereocenters. The van der Waals surface area contributed by atoms with Gasteiger partial charge < -0.3 is 5.11 Å². The number of carboxylic acids is 1. The van der Waals surface area contributed by atoms with Gasteiger partial charge in [-0.05, 0) is 33.6 Å². The number of rotatable bonds is 5. The average molecular weight is 305 g/mol. The molecule has 0 radical (unpaired) electrons. The summed E-state index contributed by atoms with van der Waals surface area (Å²) >= 11 is 9.10. The molecule has 0 aliphatic heterocycles. The zero-order valence-corrected chi connectivity index (χ0v) is 10.8. The lowest BCUT2D eigenvalue weighted by Crippen LogP contribution is -2.28. The summed E-state index contributed by atoms with van der Waals surface area (Å²) in [6, 6.07) is 4.28. The standard InChI is InChI=1S/C11H11BrClNO2/c1-2-5-14-10(11(15)16)7-3-4-9(13)8(12)6-7/h2-4,6,10,14H,1,5H2,(H,15,16). The summed E-state index contributed by atoms with van der Waals surface area (Å²) < 4.78 is 0.679. The summed E-state index contributed by atoms with van der Waals surface area (Å²) in [7, 11) is 0. The van der Waals surface area contributed by atoms with E-state index in [4.69, 9.17) is 16.7 Å². The third-order valence-corrected chi connectivity index (χ3v) is 3.20. The van der Waals surface area contributed by atoms with E-state index in [1.165, 1.54) is 0 Å². The van der Waals surface area contributed by atoms with E-state index in [1.807, 2.05) is 0 Å². The van der Waals surface area contributed by atoms with Crippen LogP contribution >= 0.6 is 27.5 Å². The minimum Gasteiger partial charge on any atom is -0.480 e. The Hall–Kier alpha value is -0.840. The summed E-state index contributed by atoms with van der Waals surface area (Å²) in [5, 5.41) is 12.5. The van der Waals surface area contributed by atoms with Gasteiger partial charge >= 0.3 is 5.97 Å². The third-order valence-electron chi connectivity index (χ3n) is 1.99. The second-order valence-corrected chi connectivity index (χ2v) is 4.40. The Bertz CT molecular complexity index is 409. The Morgan fingerprint density at radius 2 is 2.38 bits per heavy atom. The molecule has 0 saturated heterocycles. The van der Waals surface area contributed by atoms with Crippen LogP contribution in [-0.4, -0.2) is 17.6 Å². The summed E-state index contributed by atoms with van der Waals surface area (Å²) in [4.78, 5) is 11.1. The Labute approximate surface area is 107 Å². The molecule has 3 nitrogen and oxygen atoms in total. The van der Waals surface area contributed by atoms with Crippen molar-refractivity contribution >= 4 is 33.5 Å². The Balaban J connectivity index is 2.96. The first-order valence-corrected chi connectivity index (χ1v) is 5.75. The molecule has 1 aromatic carbocycles. The van der Waals surface area contributed by atoms with Crippen molar-refractivity contribution < 1.29 is 9.90 Å². The average Bonchev–Trinajstić information content (AvgIpc) is 2.23. The van der Waals surface area contributed by atoms with Crippen molar-refractivity contribution in [3.8, 4) is 0 Å². The number of aliphatic carboxylic acids is 1. The molecule has 1 aromatic rings. The Morgan fingerprint density at radius 3 is 2.88 bits per heavy atom. The summed E-state index contributed by atoms with van der Waals surface area (Å²) in [6.07, 6.45) is 1.61. The number of benzene rings is 1. The molecule has 86 valence electrons. The molecule has 0 spiro atoms. The predicted octanol–water partition coefficient (Wildman–Crippen LogP) is 3.00. The quantitative estimate of drug-likeness (QED) is 0.822. The Kier molecular flexibility index (Phi) is 4.99. The fourth-order valence-electron chi connectivity index (χ4n) is 1.24. The first kappa shape index (κ1) is 13.2. The van der Waals surface area contributed by atoms with Crippen LogP contribution in [0.15, 0.2) is 35.3 Å². The predicted molar refractivity (Wildman–Crippen MR) is 67.7 cm³/mol. The largest absolute Gasteiger partial charge is 0.480 e. The second-order valence-electron chi connectivity index (χ2n) is 3.14. The Morgan fingerprint density at radius 1 is 1.69 bits per heavy atom. The van der Waals surface area contributed by atoms with Gasteiger partial charge in [0.15, 0.2) is 0 Å². The first-order valence-electron chi connectivity index (χ1n) is 4.58. The van der Waals surface area contributed by atoms with E-state index in [0.29, 0.717) is 21.6 Å². The normalized spacial score (nSPS) is 12.1. The topological polar surface area (TPSA) is 49.3 Å². The molecule has 0 saturated carbocycles. The lowest BCUT2D eigenvalue weighted by atomic mass is 10.1. The van der Waals surface area contributed by atoms with E-state index in [9.17, 15) is 4.79 Å². The van der Waals surface area contributed by atoms with E-state index in [1.54, 1.807) is 24.3 Å². The van der Waals surface area contributed by atoms with Gasteiger partial charge in [0.1, 0.15) is 6.04 Å². The molecule has 0 amide bonds. The van der Waals surface area contributed by atoms with Gasteiger partial charge in [-0.1, -0.05) is 23.7 Å². The van der Waals surface area contributed by atoms with Crippen LogP contribution in [0.1, 0.15) is 11.6 Å². The SMILES string of the molecule is C=CCNC(C(=O)O)c1ccc(Cl)c(Br)c1. The molecule has 0 fully saturated rings. The number of nitrogens with one attached hydrogen (secondary N) is 1. The van der Waals surface area contributed by atoms with E-state index < -0.39 is 12.0 Å². The van der Waals surface area contributed by atoms with Gasteiger partial charge in [0.2, 0.25) is 0 Å². The van der Waals surface area contributed by atoms with Gasteiger partial charge in [-0.3, -0.25) is 10.1 Å². The molecule has 0 heterocycles. The van der Waals surface area contributed by atoms with Crippen LogP contribution < -0.4 is 5.32 Å². The van der Waals surface area contributed by atoms with Gasteiger partial charge in [0.25, 0.3) is 0 Å². The van der Waals surface area contributed by atoms with Crippen LogP contribution in [0, 0.1) is 0 Å². The van der Waals surface area contributed by atoms with E-state index in [2.05, 4.69) is 27.8 Å². The maximum absolute atomic E-state index is 11.1. The first-order chi connectivity index (χ1) is 7.56. The zero-order valence-electron chi connectivity index (χ0n) is 8.41. The van der Waals surface area contributed by atoms with Crippen molar-refractivity contribution in [1.29, 1.82) is 0 Å². The summed E-state index contributed by atoms with van der Waals surface area (Å²) in [5.74, 6) is -0.934. The van der Waals surface area contributed by atoms with Crippen LogP contribution in [0.5, 0.6) is 0 Å². The molecule has 1 atom stereocenters. The number of carboxylic acid groups (broad SMARTS) is 1. The fraction of sp³-hybridized carbons (Fsp3) is 0.182. The minimum absolute atomic E-state index is 0.428. The van der Waals surface area contributed by atoms with Crippen molar-refractivity contribution in [3.63, 3.8) is 0 Å². The van der Waals surface area contributed by atoms with Crippen LogP contribution in [-0.2, 0) is 4.79 Å². The lowest BCUT2D eigenvalue weighted by molar-refractivity contribution is -0.139. The highest BCUT2D eigenvalue weighted by Crippen LogP contribution is 2.26. The molecule has 16 heavy (non-hydrogen) atoms. The van der Waals surface area contributed by atoms with E-state index in [-0.39, 0.29) is 0 Å². The number of halogens is 2. The maximum Gasteiger partial charge on any atom is 0.325 e. The maximum atomic E-state index is 11.1. The number of carbonyl (C=O) groups is 1. The van der Waals surface area contributed by atoms with Gasteiger partial charge in [-0.2, -0.15) is 0 Å². The highest BCUT2D eigenvalue weighted by Gasteiger charge is 2.18. The monoisotopic (exact) mass is 303 g/mol. The van der Waals surface area contributed by atoms with Gasteiger partial charge in [-0.15, -0.1) is 6.58 Å². The van der Waals surface area contributed by atoms with Crippen molar-refractivity contribution in [2.45, 2.75) is 6.04 Å². The number of hydrogen-bond donors (Lipinski definition) is 2. The molecular weight excluding hydrogens is 293 g/mol. The second kappa shape index (κ2) is 6.03. The van der Waals surface area contributed by atoms with Crippen molar-refractivity contribution in [2.24, 2.45) is 0 Å². The molecule has 1 rings (SSSR count). The third kappa shape index (κ3) is 3.33. The highest BCUT2D eigenvalue weighted by molar-refractivity contribution is 9.10. The van der Waals surface area contributed by atoms with Crippen molar-refractivity contribution in [3.05, 3.63) is 45.9 Å². The number of hydrogen-bond acceptors (Lipinski definition) is 2. The highest BCUT2D eigenvalue weighted by atomic mass is 79.9. The van der Waals surface area contributed by atoms with Crippen LogP contribution in [0.2, 0.25) is 5.02 Å². The molecule has 0 bridgehead atoms. The smallest absolute Gasteiger partial charge is 0.325 e. The van der Waals surface area contributed by atoms with Crippen LogP contribution in [0.25, 0.3) is 0 Å². The minimum atomic E-state index is -0.934. The fourth-order valence-corrected chi connectivity index (χ4v) is 1.75. The van der Waals surface area contributed by atoms with Crippen LogP contribution in [0.4, 0.5) is 0 Å². The van der Waals surface area contributed by atoms with Gasteiger partial charge in [0, 0.05) is 11.0 Å². The van der Waals surface area contributed by atoms with Crippen LogP contribution in [0.3, 0.4) is 0 Å². The molecule has 5 heteroatoms. The molecule has 0 aliphatic carbocycles. The molecular formula is C11H11BrClNO2. The van der Waals surface area contributed by atoms with Crippen molar-refractivity contribution in [1.82, 2.24) is 5.32 Å². The van der Waals surface area contributed by atoms with E-state index in [0.717, 1.165) is 0 Å². The van der Waals surface area contributed by atoms with E-state index >= 15 is 0 Å². The van der Waals surface area contributed by atoms with Gasteiger partial charge in [0.05, 0.1) is 5.02 Å².